The van der Waals surface area contributed by atoms with Gasteiger partial charge < -0.3 is 4.55 Å². The minimum atomic E-state index is -1.82. The second-order valence-corrected chi connectivity index (χ2v) is 3.89. The van der Waals surface area contributed by atoms with Crippen LogP contribution < -0.4 is 0 Å². The molecule has 0 aliphatic heterocycles. The summed E-state index contributed by atoms with van der Waals surface area (Å²) < 4.78 is 19.3. The molecule has 0 aliphatic rings. The van der Waals surface area contributed by atoms with E-state index in [1.807, 2.05) is 30.3 Å². The van der Waals surface area contributed by atoms with Gasteiger partial charge in [0.1, 0.15) is 0 Å². The van der Waals surface area contributed by atoms with Gasteiger partial charge in [-0.3, -0.25) is 4.98 Å². The molecule has 1 atom stereocenters. The number of hydrogen-bond donors (Lipinski definition) is 1. The number of rotatable bonds is 2. The summed E-state index contributed by atoms with van der Waals surface area (Å²) in [6.45, 7) is 0. The van der Waals surface area contributed by atoms with Crippen molar-refractivity contribution < 1.29 is 8.76 Å². The minimum absolute atomic E-state index is 0.0881. The molecule has 2 rings (SSSR count). The molecule has 1 heterocycles. The van der Waals surface area contributed by atoms with Gasteiger partial charge in [-0.15, -0.1) is 0 Å². The molecule has 0 saturated carbocycles. The van der Waals surface area contributed by atoms with Crippen LogP contribution in [-0.4, -0.2) is 13.7 Å². The van der Waals surface area contributed by atoms with Crippen LogP contribution in [0.5, 0.6) is 0 Å². The Bertz CT molecular complexity index is 484. The number of para-hydroxylation sites is 1. The summed E-state index contributed by atoms with van der Waals surface area (Å²) in [6, 6.07) is 11.4. The highest BCUT2D eigenvalue weighted by atomic mass is 32.2. The Kier molecular flexibility index (Phi) is 2.56. The zero-order chi connectivity index (χ0) is 9.97. The zero-order valence-corrected chi connectivity index (χ0v) is 8.20. The van der Waals surface area contributed by atoms with Gasteiger partial charge in [-0.25, -0.2) is 4.21 Å². The van der Waals surface area contributed by atoms with Crippen LogP contribution in [0.2, 0.25) is 0 Å². The van der Waals surface area contributed by atoms with Crippen molar-refractivity contribution in [3.8, 4) is 0 Å². The van der Waals surface area contributed by atoms with Crippen LogP contribution in [0, 0.1) is 0 Å². The van der Waals surface area contributed by atoms with Crippen LogP contribution in [0.3, 0.4) is 0 Å². The lowest BCUT2D eigenvalue weighted by Gasteiger charge is -1.99. The van der Waals surface area contributed by atoms with Gasteiger partial charge >= 0.3 is 0 Å². The van der Waals surface area contributed by atoms with E-state index in [9.17, 15) is 4.21 Å². The Balaban J connectivity index is 2.46. The van der Waals surface area contributed by atoms with Gasteiger partial charge in [0.25, 0.3) is 0 Å². The number of hydrogen-bond acceptors (Lipinski definition) is 2. The predicted molar refractivity (Wildman–Crippen MR) is 56.2 cm³/mol. The van der Waals surface area contributed by atoms with E-state index in [0.717, 1.165) is 10.9 Å². The third kappa shape index (κ3) is 1.97. The Morgan fingerprint density at radius 3 is 2.79 bits per heavy atom. The summed E-state index contributed by atoms with van der Waals surface area (Å²) in [5.41, 5.74) is 1.50. The molecule has 0 aliphatic carbocycles. The SMILES string of the molecule is O=S(O)Cc1ccc2ccccc2n1. The van der Waals surface area contributed by atoms with E-state index >= 15 is 0 Å². The second kappa shape index (κ2) is 3.86. The summed E-state index contributed by atoms with van der Waals surface area (Å²) in [6.07, 6.45) is 0. The molecular formula is C10H9NO2S. The number of fused-ring (bicyclic) bond motifs is 1. The molecule has 4 heteroatoms. The highest BCUT2D eigenvalue weighted by molar-refractivity contribution is 7.78. The topological polar surface area (TPSA) is 50.2 Å². The van der Waals surface area contributed by atoms with E-state index in [1.54, 1.807) is 6.07 Å². The Labute approximate surface area is 84.1 Å². The van der Waals surface area contributed by atoms with Crippen molar-refractivity contribution in [1.29, 1.82) is 0 Å². The van der Waals surface area contributed by atoms with Crippen LogP contribution in [0.4, 0.5) is 0 Å². The van der Waals surface area contributed by atoms with Crippen LogP contribution in [0.15, 0.2) is 36.4 Å². The van der Waals surface area contributed by atoms with Gasteiger partial charge in [-0.2, -0.15) is 0 Å². The molecule has 14 heavy (non-hydrogen) atoms. The lowest BCUT2D eigenvalue weighted by molar-refractivity contribution is 0.563. The van der Waals surface area contributed by atoms with Crippen LogP contribution >= 0.6 is 0 Å². The van der Waals surface area contributed by atoms with E-state index in [0.29, 0.717) is 5.69 Å². The van der Waals surface area contributed by atoms with Gasteiger partial charge in [0.15, 0.2) is 11.1 Å². The monoisotopic (exact) mass is 207 g/mol. The van der Waals surface area contributed by atoms with Gasteiger partial charge in [0.2, 0.25) is 0 Å². The molecule has 1 unspecified atom stereocenters. The second-order valence-electron chi connectivity index (χ2n) is 2.96. The average molecular weight is 207 g/mol. The van der Waals surface area contributed by atoms with Crippen LogP contribution in [-0.2, 0) is 16.8 Å². The fraction of sp³-hybridized carbons (Fsp3) is 0.100. The summed E-state index contributed by atoms with van der Waals surface area (Å²) in [7, 11) is 0. The largest absolute Gasteiger partial charge is 0.306 e. The molecule has 1 N–H and O–H groups in total. The van der Waals surface area contributed by atoms with Gasteiger partial charge in [0, 0.05) is 5.39 Å². The van der Waals surface area contributed by atoms with Crippen molar-refractivity contribution in [2.75, 3.05) is 0 Å². The van der Waals surface area contributed by atoms with E-state index in [2.05, 4.69) is 4.98 Å². The summed E-state index contributed by atoms with van der Waals surface area (Å²) in [5.74, 6) is 0.0881. The molecule has 0 spiro atoms. The fourth-order valence-electron chi connectivity index (χ4n) is 1.32. The lowest BCUT2D eigenvalue weighted by atomic mass is 10.2. The molecule has 0 bridgehead atoms. The average Bonchev–Trinajstić information content (AvgIpc) is 2.17. The maximum atomic E-state index is 10.6. The molecule has 1 aromatic carbocycles. The number of benzene rings is 1. The maximum absolute atomic E-state index is 10.6. The highest BCUT2D eigenvalue weighted by Crippen LogP contribution is 2.12. The maximum Gasteiger partial charge on any atom is 0.158 e. The lowest BCUT2D eigenvalue weighted by Crippen LogP contribution is -1.95. The third-order valence-corrected chi connectivity index (χ3v) is 2.47. The molecule has 0 radical (unpaired) electrons. The number of nitrogens with zero attached hydrogens (tertiary/aromatic N) is 1. The highest BCUT2D eigenvalue weighted by Gasteiger charge is 2.00. The fourth-order valence-corrected chi connectivity index (χ4v) is 1.73. The molecule has 72 valence electrons. The standard InChI is InChI=1S/C10H9NO2S/c12-14(13)7-9-6-5-8-3-1-2-4-10(8)11-9/h1-6H,7H2,(H,12,13). The molecule has 0 saturated heterocycles. The normalized spacial score (nSPS) is 12.9. The first-order valence-electron chi connectivity index (χ1n) is 4.18. The Morgan fingerprint density at radius 1 is 1.21 bits per heavy atom. The molecule has 2 aromatic rings. The van der Waals surface area contributed by atoms with Crippen molar-refractivity contribution in [2.24, 2.45) is 0 Å². The first kappa shape index (κ1) is 9.30. The number of pyridine rings is 1. The zero-order valence-electron chi connectivity index (χ0n) is 7.38. The molecule has 0 fully saturated rings. The summed E-state index contributed by atoms with van der Waals surface area (Å²) >= 11 is -1.82. The van der Waals surface area contributed by atoms with E-state index < -0.39 is 11.1 Å². The summed E-state index contributed by atoms with van der Waals surface area (Å²) in [4.78, 5) is 4.26. The van der Waals surface area contributed by atoms with Crippen molar-refractivity contribution >= 4 is 22.0 Å². The Hall–Kier alpha value is -1.26. The van der Waals surface area contributed by atoms with Crippen molar-refractivity contribution in [2.45, 2.75) is 5.75 Å². The first-order valence-corrected chi connectivity index (χ1v) is 5.45. The molecular weight excluding hydrogens is 198 g/mol. The van der Waals surface area contributed by atoms with E-state index in [4.69, 9.17) is 4.55 Å². The minimum Gasteiger partial charge on any atom is -0.306 e. The van der Waals surface area contributed by atoms with Gasteiger partial charge in [-0.1, -0.05) is 24.3 Å². The van der Waals surface area contributed by atoms with Crippen molar-refractivity contribution in [3.05, 3.63) is 42.1 Å². The Morgan fingerprint density at radius 2 is 2.00 bits per heavy atom. The van der Waals surface area contributed by atoms with Crippen molar-refractivity contribution in [3.63, 3.8) is 0 Å². The molecule has 3 nitrogen and oxygen atoms in total. The van der Waals surface area contributed by atoms with E-state index in [-0.39, 0.29) is 5.75 Å². The predicted octanol–water partition coefficient (Wildman–Crippen LogP) is 1.96. The molecule has 1 aromatic heterocycles. The van der Waals surface area contributed by atoms with E-state index in [1.165, 1.54) is 0 Å². The quantitative estimate of drug-likeness (QED) is 0.766. The third-order valence-electron chi connectivity index (χ3n) is 1.93. The van der Waals surface area contributed by atoms with Crippen LogP contribution in [0.1, 0.15) is 5.69 Å². The summed E-state index contributed by atoms with van der Waals surface area (Å²) in [5, 5.41) is 1.04. The van der Waals surface area contributed by atoms with Crippen molar-refractivity contribution in [1.82, 2.24) is 4.98 Å². The molecule has 0 amide bonds. The van der Waals surface area contributed by atoms with Gasteiger partial charge in [0.05, 0.1) is 17.0 Å². The van der Waals surface area contributed by atoms with Gasteiger partial charge in [-0.05, 0) is 12.1 Å². The smallest absolute Gasteiger partial charge is 0.158 e. The van der Waals surface area contributed by atoms with Crippen LogP contribution in [0.25, 0.3) is 10.9 Å². The first-order chi connectivity index (χ1) is 6.75. The number of aromatic nitrogens is 1.